The number of methoxy groups -OCH3 is 1. The van der Waals surface area contributed by atoms with E-state index >= 15 is 0 Å². The van der Waals surface area contributed by atoms with E-state index in [1.807, 2.05) is 0 Å². The van der Waals surface area contributed by atoms with Crippen molar-refractivity contribution in [2.75, 3.05) is 7.11 Å². The average Bonchev–Trinajstić information content (AvgIpc) is 3.50. The van der Waals surface area contributed by atoms with Crippen LogP contribution in [0, 0.1) is 11.3 Å². The second kappa shape index (κ2) is 8.24. The molecule has 1 saturated carbocycles. The van der Waals surface area contributed by atoms with Gasteiger partial charge in [0, 0.05) is 28.1 Å². The van der Waals surface area contributed by atoms with E-state index in [0.29, 0.717) is 27.6 Å². The lowest BCUT2D eigenvalue weighted by Crippen LogP contribution is -2.31. The largest absolute Gasteiger partial charge is 0.495 e. The topological polar surface area (TPSA) is 131 Å². The molecule has 1 unspecified atom stereocenters. The Morgan fingerprint density at radius 1 is 1.39 bits per heavy atom. The van der Waals surface area contributed by atoms with Gasteiger partial charge < -0.3 is 14.3 Å². The van der Waals surface area contributed by atoms with Gasteiger partial charge in [-0.3, -0.25) is 9.36 Å². The highest BCUT2D eigenvalue weighted by molar-refractivity contribution is 6.31. The molecule has 2 heterocycles. The van der Waals surface area contributed by atoms with Crippen LogP contribution in [0.2, 0.25) is 5.02 Å². The number of nitrogens with zero attached hydrogens (tertiary/aromatic N) is 4. The molecule has 31 heavy (non-hydrogen) atoms. The van der Waals surface area contributed by atoms with Gasteiger partial charge in [0.05, 0.1) is 31.4 Å². The summed E-state index contributed by atoms with van der Waals surface area (Å²) in [4.78, 5) is 24.8. The van der Waals surface area contributed by atoms with Gasteiger partial charge in [-0.25, -0.2) is 4.79 Å². The highest BCUT2D eigenvalue weighted by atomic mass is 35.5. The summed E-state index contributed by atoms with van der Waals surface area (Å²) >= 11 is 6.07. The molecule has 0 radical (unpaired) electrons. The Labute approximate surface area is 181 Å². The molecule has 1 aliphatic rings. The van der Waals surface area contributed by atoms with Gasteiger partial charge in [-0.05, 0) is 31.0 Å². The van der Waals surface area contributed by atoms with Crippen molar-refractivity contribution in [1.29, 1.82) is 5.26 Å². The monoisotopic (exact) mass is 440 g/mol. The van der Waals surface area contributed by atoms with E-state index < -0.39 is 17.6 Å². The van der Waals surface area contributed by atoms with Crippen molar-refractivity contribution < 1.29 is 19.1 Å². The molecule has 0 saturated heterocycles. The van der Waals surface area contributed by atoms with Gasteiger partial charge in [0.15, 0.2) is 0 Å². The number of carboxylic acids is 1. The molecule has 0 bridgehead atoms. The van der Waals surface area contributed by atoms with Crippen LogP contribution in [-0.2, 0) is 11.2 Å². The van der Waals surface area contributed by atoms with E-state index in [9.17, 15) is 20.0 Å². The van der Waals surface area contributed by atoms with E-state index in [-0.39, 0.29) is 24.0 Å². The minimum absolute atomic E-state index is 0.144. The molecule has 3 aromatic rings. The highest BCUT2D eigenvalue weighted by Gasteiger charge is 2.31. The molecule has 4 rings (SSSR count). The third-order valence-electron chi connectivity index (χ3n) is 5.05. The zero-order chi connectivity index (χ0) is 22.1. The SMILES string of the molecule is COc1cn(C(Cc2nnc(C3CC3)o2)C(=O)O)c(=O)cc1-c1cc(Cl)ccc1C#N. The second-order valence-electron chi connectivity index (χ2n) is 7.17. The van der Waals surface area contributed by atoms with Gasteiger partial charge in [-0.15, -0.1) is 10.2 Å². The Morgan fingerprint density at radius 2 is 2.16 bits per heavy atom. The fraction of sp³-hybridized carbons (Fsp3) is 0.286. The summed E-state index contributed by atoms with van der Waals surface area (Å²) < 4.78 is 12.0. The van der Waals surface area contributed by atoms with E-state index in [0.717, 1.165) is 17.4 Å². The highest BCUT2D eigenvalue weighted by Crippen LogP contribution is 2.39. The number of carboxylic acid groups (broad SMARTS) is 1. The molecular weight excluding hydrogens is 424 g/mol. The number of hydrogen-bond acceptors (Lipinski definition) is 7. The lowest BCUT2D eigenvalue weighted by atomic mass is 10.00. The molecule has 1 aromatic carbocycles. The second-order valence-corrected chi connectivity index (χ2v) is 7.61. The minimum Gasteiger partial charge on any atom is -0.495 e. The number of hydrogen-bond donors (Lipinski definition) is 1. The van der Waals surface area contributed by atoms with E-state index in [1.54, 1.807) is 12.1 Å². The van der Waals surface area contributed by atoms with Crippen molar-refractivity contribution in [1.82, 2.24) is 14.8 Å². The molecule has 9 nitrogen and oxygen atoms in total. The molecule has 158 valence electrons. The van der Waals surface area contributed by atoms with Gasteiger partial charge in [0.25, 0.3) is 5.56 Å². The average molecular weight is 441 g/mol. The number of ether oxygens (including phenoxy) is 1. The van der Waals surface area contributed by atoms with E-state index in [4.69, 9.17) is 20.8 Å². The molecule has 1 aliphatic carbocycles. The van der Waals surface area contributed by atoms with Gasteiger partial charge in [-0.2, -0.15) is 5.26 Å². The van der Waals surface area contributed by atoms with E-state index in [2.05, 4.69) is 16.3 Å². The lowest BCUT2D eigenvalue weighted by molar-refractivity contribution is -0.141. The first-order chi connectivity index (χ1) is 14.9. The zero-order valence-corrected chi connectivity index (χ0v) is 17.2. The Hall–Kier alpha value is -3.64. The van der Waals surface area contributed by atoms with E-state index in [1.165, 1.54) is 25.4 Å². The molecule has 1 fully saturated rings. The Morgan fingerprint density at radius 3 is 2.81 bits per heavy atom. The third-order valence-corrected chi connectivity index (χ3v) is 5.29. The third kappa shape index (κ3) is 4.15. The van der Waals surface area contributed by atoms with Gasteiger partial charge >= 0.3 is 5.97 Å². The van der Waals surface area contributed by atoms with Crippen LogP contribution >= 0.6 is 11.6 Å². The summed E-state index contributed by atoms with van der Waals surface area (Å²) in [6.07, 6.45) is 3.08. The summed E-state index contributed by atoms with van der Waals surface area (Å²) in [5, 5.41) is 27.4. The predicted octanol–water partition coefficient (Wildman–Crippen LogP) is 3.18. The van der Waals surface area contributed by atoms with Crippen LogP contribution in [0.4, 0.5) is 0 Å². The van der Waals surface area contributed by atoms with Crippen LogP contribution in [0.15, 0.2) is 39.7 Å². The van der Waals surface area contributed by atoms with Crippen LogP contribution in [0.5, 0.6) is 5.75 Å². The van der Waals surface area contributed by atoms with Crippen molar-refractivity contribution >= 4 is 17.6 Å². The van der Waals surface area contributed by atoms with Crippen molar-refractivity contribution in [3.63, 3.8) is 0 Å². The van der Waals surface area contributed by atoms with Crippen molar-refractivity contribution in [3.05, 3.63) is 63.2 Å². The number of nitriles is 1. The van der Waals surface area contributed by atoms with Crippen molar-refractivity contribution in [3.8, 4) is 22.9 Å². The number of carbonyl (C=O) groups is 1. The first kappa shape index (κ1) is 20.6. The van der Waals surface area contributed by atoms with Crippen LogP contribution in [-0.4, -0.2) is 33.0 Å². The fourth-order valence-electron chi connectivity index (χ4n) is 3.30. The first-order valence-electron chi connectivity index (χ1n) is 9.46. The number of rotatable bonds is 7. The molecular formula is C21H17ClN4O5. The smallest absolute Gasteiger partial charge is 0.327 e. The normalized spacial score (nSPS) is 14.1. The predicted molar refractivity (Wildman–Crippen MR) is 109 cm³/mol. The Kier molecular flexibility index (Phi) is 5.48. The number of benzene rings is 1. The Balaban J connectivity index is 1.75. The van der Waals surface area contributed by atoms with Gasteiger partial charge in [0.2, 0.25) is 11.8 Å². The standard InChI is InChI=1S/C21H17ClN4O5/c1-30-17-10-26(16(21(28)29)8-18-24-25-20(31-18)11-2-3-11)19(27)7-15(17)14-6-13(22)5-4-12(14)9-23/h4-7,10-11,16H,2-3,8H2,1H3,(H,28,29). The fourth-order valence-corrected chi connectivity index (χ4v) is 3.47. The molecule has 0 aliphatic heterocycles. The summed E-state index contributed by atoms with van der Waals surface area (Å²) in [5.41, 5.74) is 0.455. The molecule has 1 atom stereocenters. The number of aromatic nitrogens is 3. The summed E-state index contributed by atoms with van der Waals surface area (Å²) in [7, 11) is 1.39. The molecule has 0 spiro atoms. The summed E-state index contributed by atoms with van der Waals surface area (Å²) in [6, 6.07) is 6.65. The van der Waals surface area contributed by atoms with Gasteiger partial charge in [-0.1, -0.05) is 11.6 Å². The first-order valence-corrected chi connectivity index (χ1v) is 9.84. The molecule has 0 amide bonds. The summed E-state index contributed by atoms with van der Waals surface area (Å²) in [6.45, 7) is 0. The van der Waals surface area contributed by atoms with Gasteiger partial charge in [0.1, 0.15) is 11.8 Å². The van der Waals surface area contributed by atoms with Crippen LogP contribution in [0.3, 0.4) is 0 Å². The quantitative estimate of drug-likeness (QED) is 0.592. The maximum Gasteiger partial charge on any atom is 0.327 e. The number of halogens is 1. The zero-order valence-electron chi connectivity index (χ0n) is 16.4. The number of pyridine rings is 1. The van der Waals surface area contributed by atoms with Crippen molar-refractivity contribution in [2.45, 2.75) is 31.2 Å². The maximum absolute atomic E-state index is 12.9. The minimum atomic E-state index is -1.28. The van der Waals surface area contributed by atoms with Crippen molar-refractivity contribution in [2.24, 2.45) is 0 Å². The summed E-state index contributed by atoms with van der Waals surface area (Å²) in [5.74, 6) is -0.147. The molecule has 2 aromatic heterocycles. The molecule has 10 heteroatoms. The van der Waals surface area contributed by atoms with Crippen LogP contribution in [0.25, 0.3) is 11.1 Å². The number of aliphatic carboxylic acids is 1. The Bertz CT molecular complexity index is 1260. The van der Waals surface area contributed by atoms with Crippen LogP contribution in [0.1, 0.15) is 42.1 Å². The molecule has 1 N–H and O–H groups in total. The maximum atomic E-state index is 12.9. The lowest BCUT2D eigenvalue weighted by Gasteiger charge is -2.17. The van der Waals surface area contributed by atoms with Crippen LogP contribution < -0.4 is 10.3 Å².